The van der Waals surface area contributed by atoms with Gasteiger partial charge in [0.1, 0.15) is 5.60 Å². The summed E-state index contributed by atoms with van der Waals surface area (Å²) < 4.78 is 11.6. The zero-order valence-corrected chi connectivity index (χ0v) is 18.7. The second kappa shape index (κ2) is 6.65. The number of esters is 1. The third kappa shape index (κ3) is 2.42. The summed E-state index contributed by atoms with van der Waals surface area (Å²) in [5, 5.41) is 9.96. The second-order valence-electron chi connectivity index (χ2n) is 11.1. The molecule has 1 aliphatic heterocycles. The van der Waals surface area contributed by atoms with E-state index in [1.54, 1.807) is 0 Å². The highest BCUT2D eigenvalue weighted by Crippen LogP contribution is 2.78. The van der Waals surface area contributed by atoms with Crippen molar-refractivity contribution < 1.29 is 24.2 Å². The standard InChI is InChI=1S/C25H36O5/c1-22-9-6-17(27)14-16(22)4-5-19-18-7-10-24(12-13-26,11-8-21(28)29-3)23(18,2)15-20-25(19,22)30-20/h14,18-20,26H,4-13,15H2,1-3H3/t18-,19-,20?,22-,23-,24+,25-/m0/s1. The van der Waals surface area contributed by atoms with Crippen molar-refractivity contribution >= 4 is 11.8 Å². The average molecular weight is 417 g/mol. The maximum atomic E-state index is 12.1. The van der Waals surface area contributed by atoms with Crippen LogP contribution in [0.15, 0.2) is 11.6 Å². The second-order valence-corrected chi connectivity index (χ2v) is 11.1. The molecule has 5 rings (SSSR count). The summed E-state index contributed by atoms with van der Waals surface area (Å²) in [5.41, 5.74) is 1.26. The van der Waals surface area contributed by atoms with E-state index in [9.17, 15) is 14.7 Å². The number of aliphatic hydroxyl groups is 1. The van der Waals surface area contributed by atoms with Gasteiger partial charge >= 0.3 is 5.97 Å². The Balaban J connectivity index is 1.49. The summed E-state index contributed by atoms with van der Waals surface area (Å²) in [7, 11) is 1.45. The number of hydrogen-bond donors (Lipinski definition) is 1. The van der Waals surface area contributed by atoms with Gasteiger partial charge < -0.3 is 14.6 Å². The van der Waals surface area contributed by atoms with Crippen molar-refractivity contribution in [2.24, 2.45) is 28.1 Å². The Morgan fingerprint density at radius 1 is 1.20 bits per heavy atom. The SMILES string of the molecule is COC(=O)CC[C@@]1(CCO)CC[C@H]2[C@@H]3CCC4=CC(=O)CC[C@]4(C)[C@]34OC4C[C@@]21C. The molecule has 30 heavy (non-hydrogen) atoms. The molecule has 1 heterocycles. The lowest BCUT2D eigenvalue weighted by molar-refractivity contribution is -0.142. The highest BCUT2D eigenvalue weighted by Gasteiger charge is 2.80. The number of hydrogen-bond acceptors (Lipinski definition) is 5. The number of epoxide rings is 1. The van der Waals surface area contributed by atoms with Crippen LogP contribution in [0.5, 0.6) is 0 Å². The summed E-state index contributed by atoms with van der Waals surface area (Å²) in [4.78, 5) is 24.1. The van der Waals surface area contributed by atoms with Crippen LogP contribution >= 0.6 is 0 Å². The lowest BCUT2D eigenvalue weighted by atomic mass is 9.44. The predicted molar refractivity (Wildman–Crippen MR) is 112 cm³/mol. The number of ketones is 1. The van der Waals surface area contributed by atoms with E-state index in [2.05, 4.69) is 13.8 Å². The van der Waals surface area contributed by atoms with E-state index in [0.717, 1.165) is 51.4 Å². The van der Waals surface area contributed by atoms with Gasteiger partial charge in [-0.15, -0.1) is 0 Å². The molecule has 1 unspecified atom stereocenters. The van der Waals surface area contributed by atoms with Gasteiger partial charge in [-0.1, -0.05) is 19.4 Å². The van der Waals surface area contributed by atoms with E-state index in [0.29, 0.717) is 24.7 Å². The number of fused-ring (bicyclic) bond motifs is 3. The van der Waals surface area contributed by atoms with Crippen LogP contribution < -0.4 is 0 Å². The van der Waals surface area contributed by atoms with E-state index >= 15 is 0 Å². The Bertz CT molecular complexity index is 803. The highest BCUT2D eigenvalue weighted by molar-refractivity contribution is 5.91. The first kappa shape index (κ1) is 20.7. The Morgan fingerprint density at radius 2 is 2.00 bits per heavy atom. The number of ether oxygens (including phenoxy) is 2. The number of carbonyl (C=O) groups is 2. The summed E-state index contributed by atoms with van der Waals surface area (Å²) in [5.74, 6) is 1.19. The quantitative estimate of drug-likeness (QED) is 0.542. The first-order valence-corrected chi connectivity index (χ1v) is 11.9. The van der Waals surface area contributed by atoms with Gasteiger partial charge in [-0.05, 0) is 80.1 Å². The molecule has 4 aliphatic carbocycles. The van der Waals surface area contributed by atoms with Crippen molar-refractivity contribution in [2.75, 3.05) is 13.7 Å². The van der Waals surface area contributed by atoms with Crippen molar-refractivity contribution in [3.63, 3.8) is 0 Å². The molecule has 3 saturated carbocycles. The van der Waals surface area contributed by atoms with Crippen molar-refractivity contribution in [3.05, 3.63) is 11.6 Å². The van der Waals surface area contributed by atoms with Crippen LogP contribution in [0.3, 0.4) is 0 Å². The minimum Gasteiger partial charge on any atom is -0.469 e. The predicted octanol–water partition coefficient (Wildman–Crippen LogP) is 3.97. The molecule has 4 fully saturated rings. The van der Waals surface area contributed by atoms with Crippen molar-refractivity contribution in [1.82, 2.24) is 0 Å². The summed E-state index contributed by atoms with van der Waals surface area (Å²) in [6.45, 7) is 4.94. The number of rotatable bonds is 5. The summed E-state index contributed by atoms with van der Waals surface area (Å²) in [6, 6.07) is 0. The number of methoxy groups -OCH3 is 1. The molecule has 1 N–H and O–H groups in total. The van der Waals surface area contributed by atoms with Crippen molar-refractivity contribution in [3.8, 4) is 0 Å². The van der Waals surface area contributed by atoms with Gasteiger partial charge in [0.25, 0.3) is 0 Å². The Labute approximate surface area is 179 Å². The maximum Gasteiger partial charge on any atom is 0.305 e. The van der Waals surface area contributed by atoms with Crippen molar-refractivity contribution in [2.45, 2.75) is 89.8 Å². The number of carbonyl (C=O) groups excluding carboxylic acids is 2. The topological polar surface area (TPSA) is 76.1 Å². The van der Waals surface area contributed by atoms with E-state index in [1.807, 2.05) is 6.08 Å². The average Bonchev–Trinajstić information content (AvgIpc) is 3.37. The molecular weight excluding hydrogens is 380 g/mol. The van der Waals surface area contributed by atoms with Crippen LogP contribution in [0.25, 0.3) is 0 Å². The molecule has 1 saturated heterocycles. The molecule has 0 radical (unpaired) electrons. The third-order valence-electron chi connectivity index (χ3n) is 10.5. The summed E-state index contributed by atoms with van der Waals surface area (Å²) in [6.07, 6.45) is 11.0. The molecule has 0 bridgehead atoms. The molecule has 0 aromatic heterocycles. The molecule has 0 aromatic rings. The highest BCUT2D eigenvalue weighted by atomic mass is 16.6. The molecule has 5 heteroatoms. The number of aliphatic hydroxyl groups excluding tert-OH is 1. The van der Waals surface area contributed by atoms with Crippen molar-refractivity contribution in [1.29, 1.82) is 0 Å². The van der Waals surface area contributed by atoms with Gasteiger partial charge in [0.2, 0.25) is 0 Å². The molecule has 7 atom stereocenters. The summed E-state index contributed by atoms with van der Waals surface area (Å²) >= 11 is 0. The molecule has 1 spiro atoms. The van der Waals surface area contributed by atoms with E-state index < -0.39 is 0 Å². The van der Waals surface area contributed by atoms with Crippen LogP contribution in [-0.4, -0.2) is 42.3 Å². The van der Waals surface area contributed by atoms with E-state index in [-0.39, 0.29) is 46.3 Å². The Hall–Kier alpha value is -1.20. The molecule has 0 amide bonds. The zero-order chi connectivity index (χ0) is 21.4. The molecule has 5 nitrogen and oxygen atoms in total. The fourth-order valence-electron chi connectivity index (χ4n) is 8.83. The first-order valence-electron chi connectivity index (χ1n) is 11.9. The van der Waals surface area contributed by atoms with Crippen LogP contribution in [0.2, 0.25) is 0 Å². The van der Waals surface area contributed by atoms with Crippen LogP contribution in [0.4, 0.5) is 0 Å². The molecular formula is C25H36O5. The van der Waals surface area contributed by atoms with Crippen LogP contribution in [-0.2, 0) is 19.1 Å². The van der Waals surface area contributed by atoms with Gasteiger partial charge in [0.05, 0.1) is 13.2 Å². The largest absolute Gasteiger partial charge is 0.469 e. The monoisotopic (exact) mass is 416 g/mol. The van der Waals surface area contributed by atoms with E-state index in [1.165, 1.54) is 12.7 Å². The van der Waals surface area contributed by atoms with Gasteiger partial charge in [-0.25, -0.2) is 0 Å². The molecule has 0 aromatic carbocycles. The van der Waals surface area contributed by atoms with Gasteiger partial charge in [-0.2, -0.15) is 0 Å². The normalized spacial score (nSPS) is 48.7. The molecule has 166 valence electrons. The minimum absolute atomic E-state index is 0.00985. The fraction of sp³-hybridized carbons (Fsp3) is 0.840. The van der Waals surface area contributed by atoms with Gasteiger partial charge in [-0.3, -0.25) is 9.59 Å². The zero-order valence-electron chi connectivity index (χ0n) is 18.7. The van der Waals surface area contributed by atoms with E-state index in [4.69, 9.17) is 9.47 Å². The smallest absolute Gasteiger partial charge is 0.305 e. The Morgan fingerprint density at radius 3 is 2.73 bits per heavy atom. The molecule has 5 aliphatic rings. The lowest BCUT2D eigenvalue weighted by Gasteiger charge is -2.58. The van der Waals surface area contributed by atoms with Crippen LogP contribution in [0.1, 0.15) is 78.1 Å². The minimum atomic E-state index is -0.154. The first-order chi connectivity index (χ1) is 14.3. The van der Waals surface area contributed by atoms with Gasteiger partial charge in [0.15, 0.2) is 5.78 Å². The van der Waals surface area contributed by atoms with Crippen LogP contribution in [0, 0.1) is 28.1 Å². The Kier molecular flexibility index (Phi) is 4.59. The van der Waals surface area contributed by atoms with Gasteiger partial charge in [0, 0.05) is 24.9 Å². The lowest BCUT2D eigenvalue weighted by Crippen LogP contribution is -2.58. The maximum absolute atomic E-state index is 12.1. The third-order valence-corrected chi connectivity index (χ3v) is 10.5. The fourth-order valence-corrected chi connectivity index (χ4v) is 8.83.